The summed E-state index contributed by atoms with van der Waals surface area (Å²) in [4.78, 5) is 22.9. The van der Waals surface area contributed by atoms with E-state index in [0.717, 1.165) is 0 Å². The van der Waals surface area contributed by atoms with Gasteiger partial charge in [-0.1, -0.05) is 99.7 Å². The molecule has 3 rings (SSSR count). The summed E-state index contributed by atoms with van der Waals surface area (Å²) >= 11 is 0. The standard InChI is InChI=1S/C29H36O6Si/c1-29(2,3)36(23-15-8-5-9-16-23,24-17-10-6-11-18-24)33-22-13-7-12-19-25-26(35-28(31)34-25)20-14-21-27(30)32-4/h5-13,15-19,25-26H,14,20-22H2,1-4H3/b13-7+,19-12+/t25-,26+/m0/s1. The molecular weight excluding hydrogens is 472 g/mol. The highest BCUT2D eigenvalue weighted by atomic mass is 28.4. The average molecular weight is 509 g/mol. The van der Waals surface area contributed by atoms with Crippen LogP contribution in [0, 0.1) is 0 Å². The molecule has 1 aliphatic rings. The fourth-order valence-corrected chi connectivity index (χ4v) is 9.09. The Morgan fingerprint density at radius 3 is 2.14 bits per heavy atom. The highest BCUT2D eigenvalue weighted by Gasteiger charge is 2.49. The molecule has 2 aromatic carbocycles. The minimum Gasteiger partial charge on any atom is -0.469 e. The van der Waals surface area contributed by atoms with Gasteiger partial charge in [-0.25, -0.2) is 4.79 Å². The molecule has 0 bridgehead atoms. The first kappa shape index (κ1) is 27.4. The van der Waals surface area contributed by atoms with E-state index in [4.69, 9.17) is 13.9 Å². The van der Waals surface area contributed by atoms with Crippen molar-refractivity contribution >= 4 is 30.8 Å². The number of carbonyl (C=O) groups is 2. The first-order valence-electron chi connectivity index (χ1n) is 12.3. The number of cyclic esters (lactones) is 2. The van der Waals surface area contributed by atoms with Crippen molar-refractivity contribution in [3.63, 3.8) is 0 Å². The van der Waals surface area contributed by atoms with E-state index in [2.05, 4.69) is 74.0 Å². The number of hydrogen-bond donors (Lipinski definition) is 0. The van der Waals surface area contributed by atoms with Crippen LogP contribution in [0.2, 0.25) is 5.04 Å². The molecule has 0 aliphatic carbocycles. The molecule has 2 atom stereocenters. The van der Waals surface area contributed by atoms with Crippen molar-refractivity contribution in [1.29, 1.82) is 0 Å². The number of allylic oxidation sites excluding steroid dienone is 2. The van der Waals surface area contributed by atoms with Crippen LogP contribution in [0.15, 0.2) is 85.0 Å². The summed E-state index contributed by atoms with van der Waals surface area (Å²) in [6.45, 7) is 7.19. The Morgan fingerprint density at radius 2 is 1.58 bits per heavy atom. The lowest BCUT2D eigenvalue weighted by Crippen LogP contribution is -2.66. The van der Waals surface area contributed by atoms with Crippen molar-refractivity contribution in [2.45, 2.75) is 57.3 Å². The van der Waals surface area contributed by atoms with E-state index in [1.54, 1.807) is 6.08 Å². The van der Waals surface area contributed by atoms with E-state index in [-0.39, 0.29) is 17.4 Å². The zero-order valence-corrected chi connectivity index (χ0v) is 22.5. The minimum absolute atomic E-state index is 0.0911. The van der Waals surface area contributed by atoms with Crippen LogP contribution in [-0.4, -0.2) is 46.4 Å². The maximum Gasteiger partial charge on any atom is 0.509 e. The van der Waals surface area contributed by atoms with E-state index in [9.17, 15) is 9.59 Å². The lowest BCUT2D eigenvalue weighted by Gasteiger charge is -2.42. The maximum absolute atomic E-state index is 11.6. The van der Waals surface area contributed by atoms with Crippen LogP contribution in [0.3, 0.4) is 0 Å². The van der Waals surface area contributed by atoms with Crippen LogP contribution in [0.5, 0.6) is 0 Å². The number of methoxy groups -OCH3 is 1. The van der Waals surface area contributed by atoms with Gasteiger partial charge in [0.05, 0.1) is 13.7 Å². The van der Waals surface area contributed by atoms with Gasteiger partial charge in [0, 0.05) is 6.42 Å². The number of carbonyl (C=O) groups excluding carboxylic acids is 2. The predicted molar refractivity (Wildman–Crippen MR) is 143 cm³/mol. The van der Waals surface area contributed by atoms with Gasteiger partial charge < -0.3 is 18.6 Å². The molecule has 6 nitrogen and oxygen atoms in total. The minimum atomic E-state index is -2.59. The number of esters is 1. The molecule has 1 aliphatic heterocycles. The lowest BCUT2D eigenvalue weighted by atomic mass is 10.1. The Kier molecular flexibility index (Phi) is 9.67. The molecule has 0 unspecified atom stereocenters. The second-order valence-electron chi connectivity index (χ2n) is 9.74. The quantitative estimate of drug-likeness (QED) is 0.244. The van der Waals surface area contributed by atoms with Crippen LogP contribution in [-0.2, 0) is 23.4 Å². The number of rotatable bonds is 11. The predicted octanol–water partition coefficient (Wildman–Crippen LogP) is 4.92. The Morgan fingerprint density at radius 1 is 0.972 bits per heavy atom. The van der Waals surface area contributed by atoms with Gasteiger partial charge in [0.25, 0.3) is 8.32 Å². The largest absolute Gasteiger partial charge is 0.509 e. The number of hydrogen-bond acceptors (Lipinski definition) is 6. The van der Waals surface area contributed by atoms with Crippen molar-refractivity contribution in [3.8, 4) is 0 Å². The molecule has 1 fully saturated rings. The molecule has 36 heavy (non-hydrogen) atoms. The van der Waals surface area contributed by atoms with Gasteiger partial charge in [-0.05, 0) is 34.3 Å². The Balaban J connectivity index is 1.68. The first-order chi connectivity index (χ1) is 17.3. The smallest absolute Gasteiger partial charge is 0.469 e. The second kappa shape index (κ2) is 12.7. The highest BCUT2D eigenvalue weighted by molar-refractivity contribution is 6.99. The molecule has 0 amide bonds. The van der Waals surface area contributed by atoms with Crippen molar-refractivity contribution < 1.29 is 28.2 Å². The molecule has 0 radical (unpaired) electrons. The van der Waals surface area contributed by atoms with Crippen LogP contribution >= 0.6 is 0 Å². The van der Waals surface area contributed by atoms with Gasteiger partial charge in [-0.3, -0.25) is 4.79 Å². The van der Waals surface area contributed by atoms with Gasteiger partial charge in [0.2, 0.25) is 0 Å². The summed E-state index contributed by atoms with van der Waals surface area (Å²) in [6.07, 6.45) is 7.28. The van der Waals surface area contributed by atoms with E-state index in [1.165, 1.54) is 17.5 Å². The third-order valence-corrected chi connectivity index (χ3v) is 11.3. The lowest BCUT2D eigenvalue weighted by molar-refractivity contribution is -0.140. The molecule has 192 valence electrons. The van der Waals surface area contributed by atoms with E-state index in [0.29, 0.717) is 19.4 Å². The molecular formula is C29H36O6Si. The van der Waals surface area contributed by atoms with Gasteiger partial charge in [-0.2, -0.15) is 0 Å². The molecule has 1 heterocycles. The summed E-state index contributed by atoms with van der Waals surface area (Å²) < 4.78 is 22.0. The summed E-state index contributed by atoms with van der Waals surface area (Å²) in [5.74, 6) is -0.281. The van der Waals surface area contributed by atoms with Crippen LogP contribution in [0.1, 0.15) is 40.0 Å². The monoisotopic (exact) mass is 508 g/mol. The summed E-state index contributed by atoms with van der Waals surface area (Å²) in [5, 5.41) is 2.38. The van der Waals surface area contributed by atoms with Crippen molar-refractivity contribution in [2.24, 2.45) is 0 Å². The zero-order valence-electron chi connectivity index (χ0n) is 21.5. The van der Waals surface area contributed by atoms with Gasteiger partial charge in [0.1, 0.15) is 6.10 Å². The van der Waals surface area contributed by atoms with Crippen molar-refractivity contribution in [2.75, 3.05) is 13.7 Å². The molecule has 2 aromatic rings. The topological polar surface area (TPSA) is 71.1 Å². The first-order valence-corrected chi connectivity index (χ1v) is 14.2. The summed E-state index contributed by atoms with van der Waals surface area (Å²) in [7, 11) is -1.23. The molecule has 7 heteroatoms. The average Bonchev–Trinajstić information content (AvgIpc) is 3.22. The fourth-order valence-electron chi connectivity index (χ4n) is 4.58. The van der Waals surface area contributed by atoms with Crippen LogP contribution in [0.4, 0.5) is 4.79 Å². The molecule has 0 N–H and O–H groups in total. The van der Waals surface area contributed by atoms with E-state index >= 15 is 0 Å². The third-order valence-electron chi connectivity index (χ3n) is 6.30. The van der Waals surface area contributed by atoms with E-state index in [1.807, 2.05) is 30.4 Å². The fraction of sp³-hybridized carbons (Fsp3) is 0.379. The highest BCUT2D eigenvalue weighted by Crippen LogP contribution is 2.36. The normalized spacial score (nSPS) is 18.4. The van der Waals surface area contributed by atoms with Crippen LogP contribution in [0.25, 0.3) is 0 Å². The molecule has 0 spiro atoms. The number of ether oxygens (including phenoxy) is 3. The van der Waals surface area contributed by atoms with Crippen LogP contribution < -0.4 is 10.4 Å². The maximum atomic E-state index is 11.6. The second-order valence-corrected chi connectivity index (χ2v) is 14.1. The molecule has 1 saturated heterocycles. The van der Waals surface area contributed by atoms with Crippen molar-refractivity contribution in [3.05, 3.63) is 85.0 Å². The van der Waals surface area contributed by atoms with Gasteiger partial charge >= 0.3 is 12.1 Å². The van der Waals surface area contributed by atoms with E-state index < -0.39 is 26.7 Å². The van der Waals surface area contributed by atoms with Gasteiger partial charge in [-0.15, -0.1) is 0 Å². The zero-order chi connectivity index (χ0) is 26.0. The summed E-state index contributed by atoms with van der Waals surface area (Å²) in [5.41, 5.74) is 0. The summed E-state index contributed by atoms with van der Waals surface area (Å²) in [6, 6.07) is 21.0. The molecule has 0 saturated carbocycles. The van der Waals surface area contributed by atoms with Crippen molar-refractivity contribution in [1.82, 2.24) is 0 Å². The SMILES string of the molecule is COC(=O)CCC[C@H]1OC(=O)O[C@H]1/C=C/C=C/CO[Si](c1ccccc1)(c1ccccc1)C(C)(C)C. The third kappa shape index (κ3) is 6.74. The van der Waals surface area contributed by atoms with Gasteiger partial charge in [0.15, 0.2) is 6.10 Å². The Bertz CT molecular complexity index is 1000. The molecule has 0 aromatic heterocycles. The Labute approximate surface area is 215 Å². The number of benzene rings is 2. The Hall–Kier alpha value is -3.16.